The van der Waals surface area contributed by atoms with Gasteiger partial charge in [-0.1, -0.05) is 13.8 Å². The van der Waals surface area contributed by atoms with E-state index in [-0.39, 0.29) is 23.4 Å². The maximum absolute atomic E-state index is 12.5. The molecular weight excluding hydrogens is 292 g/mol. The van der Waals surface area contributed by atoms with E-state index in [4.69, 9.17) is 0 Å². The lowest BCUT2D eigenvalue weighted by Crippen LogP contribution is -2.51. The van der Waals surface area contributed by atoms with Crippen LogP contribution in [0.2, 0.25) is 0 Å². The standard InChI is InChI=1S/C13H20N4O3S/c1-7(2)11-17(10(6-21-11)12(18)19)13(20)16-8(3)9-4-14-15-5-9/h4-5,7-8,10-11H,6H2,1-3H3,(H,14,15)(H,16,20)(H,18,19). The zero-order valence-corrected chi connectivity index (χ0v) is 13.1. The number of carboxylic acids is 1. The summed E-state index contributed by atoms with van der Waals surface area (Å²) in [7, 11) is 0. The molecule has 1 aliphatic heterocycles. The SMILES string of the molecule is CC(NC(=O)N1C(C(=O)O)CSC1C(C)C)c1cn[nH]c1. The van der Waals surface area contributed by atoms with Crippen LogP contribution in [0.1, 0.15) is 32.4 Å². The number of nitrogens with zero attached hydrogens (tertiary/aromatic N) is 2. The van der Waals surface area contributed by atoms with E-state index in [1.54, 1.807) is 12.4 Å². The highest BCUT2D eigenvalue weighted by Crippen LogP contribution is 2.34. The highest BCUT2D eigenvalue weighted by molar-refractivity contribution is 8.00. The molecule has 2 amide bonds. The second kappa shape index (κ2) is 6.38. The van der Waals surface area contributed by atoms with Crippen LogP contribution in [0.4, 0.5) is 4.79 Å². The molecule has 0 aliphatic carbocycles. The first-order valence-corrected chi connectivity index (χ1v) is 7.88. The maximum atomic E-state index is 12.5. The highest BCUT2D eigenvalue weighted by atomic mass is 32.2. The van der Waals surface area contributed by atoms with Crippen LogP contribution in [0.3, 0.4) is 0 Å². The summed E-state index contributed by atoms with van der Waals surface area (Å²) in [5, 5.41) is 18.6. The molecule has 8 heteroatoms. The van der Waals surface area contributed by atoms with E-state index in [9.17, 15) is 14.7 Å². The Morgan fingerprint density at radius 1 is 1.52 bits per heavy atom. The lowest BCUT2D eigenvalue weighted by molar-refractivity contribution is -0.141. The zero-order chi connectivity index (χ0) is 15.6. The zero-order valence-electron chi connectivity index (χ0n) is 12.2. The van der Waals surface area contributed by atoms with Gasteiger partial charge in [-0.2, -0.15) is 5.10 Å². The van der Waals surface area contributed by atoms with Gasteiger partial charge in [0.25, 0.3) is 0 Å². The van der Waals surface area contributed by atoms with Crippen molar-refractivity contribution in [1.29, 1.82) is 0 Å². The van der Waals surface area contributed by atoms with Gasteiger partial charge in [0, 0.05) is 17.5 Å². The number of aromatic nitrogens is 2. The van der Waals surface area contributed by atoms with E-state index in [0.29, 0.717) is 5.75 Å². The van der Waals surface area contributed by atoms with Gasteiger partial charge in [-0.15, -0.1) is 11.8 Å². The summed E-state index contributed by atoms with van der Waals surface area (Å²) < 4.78 is 0. The van der Waals surface area contributed by atoms with Crippen LogP contribution in [0, 0.1) is 5.92 Å². The Morgan fingerprint density at radius 2 is 2.24 bits per heavy atom. The Morgan fingerprint density at radius 3 is 2.76 bits per heavy atom. The molecule has 0 spiro atoms. The summed E-state index contributed by atoms with van der Waals surface area (Å²) in [5.74, 6) is -0.350. The van der Waals surface area contributed by atoms with Crippen molar-refractivity contribution in [3.63, 3.8) is 0 Å². The summed E-state index contributed by atoms with van der Waals surface area (Å²) in [6.45, 7) is 5.81. The number of hydrogen-bond donors (Lipinski definition) is 3. The Labute approximate surface area is 127 Å². The molecule has 3 atom stereocenters. The molecule has 3 unspecified atom stereocenters. The van der Waals surface area contributed by atoms with Crippen molar-refractivity contribution in [2.75, 3.05) is 5.75 Å². The van der Waals surface area contributed by atoms with Crippen molar-refractivity contribution < 1.29 is 14.7 Å². The smallest absolute Gasteiger partial charge is 0.327 e. The summed E-state index contributed by atoms with van der Waals surface area (Å²) in [6.07, 6.45) is 3.34. The number of carbonyl (C=O) groups excluding carboxylic acids is 1. The number of urea groups is 1. The Bertz CT molecular complexity index is 506. The molecule has 0 radical (unpaired) electrons. The molecule has 0 bridgehead atoms. The average molecular weight is 312 g/mol. The number of hydrogen-bond acceptors (Lipinski definition) is 4. The normalized spacial score (nSPS) is 23.3. The van der Waals surface area contributed by atoms with Crippen LogP contribution in [0.5, 0.6) is 0 Å². The lowest BCUT2D eigenvalue weighted by Gasteiger charge is -2.30. The van der Waals surface area contributed by atoms with Crippen LogP contribution in [0.25, 0.3) is 0 Å². The number of amides is 2. The van der Waals surface area contributed by atoms with Gasteiger partial charge in [0.1, 0.15) is 6.04 Å². The molecule has 116 valence electrons. The number of aromatic amines is 1. The molecule has 3 N–H and O–H groups in total. The fraction of sp³-hybridized carbons (Fsp3) is 0.615. The van der Waals surface area contributed by atoms with Crippen molar-refractivity contribution in [2.45, 2.75) is 38.2 Å². The first kappa shape index (κ1) is 15.7. The number of carboxylic acid groups (broad SMARTS) is 1. The van der Waals surface area contributed by atoms with Crippen molar-refractivity contribution in [1.82, 2.24) is 20.4 Å². The minimum atomic E-state index is -0.961. The summed E-state index contributed by atoms with van der Waals surface area (Å²) in [5.41, 5.74) is 0.850. The van der Waals surface area contributed by atoms with Crippen LogP contribution in [-0.4, -0.2) is 49.4 Å². The van der Waals surface area contributed by atoms with Gasteiger partial charge < -0.3 is 10.4 Å². The molecule has 1 aromatic heterocycles. The molecule has 1 fully saturated rings. The monoisotopic (exact) mass is 312 g/mol. The predicted molar refractivity (Wildman–Crippen MR) is 79.9 cm³/mol. The van der Waals surface area contributed by atoms with E-state index >= 15 is 0 Å². The first-order valence-electron chi connectivity index (χ1n) is 6.83. The van der Waals surface area contributed by atoms with Crippen LogP contribution >= 0.6 is 11.8 Å². The molecule has 1 aromatic rings. The fourth-order valence-corrected chi connectivity index (χ4v) is 3.80. The Balaban J connectivity index is 2.11. The fourth-order valence-electron chi connectivity index (χ4n) is 2.33. The van der Waals surface area contributed by atoms with E-state index in [0.717, 1.165) is 5.56 Å². The number of aliphatic carboxylic acids is 1. The summed E-state index contributed by atoms with van der Waals surface area (Å²) in [6, 6.07) is -1.36. The first-order chi connectivity index (χ1) is 9.91. The highest BCUT2D eigenvalue weighted by Gasteiger charge is 2.43. The molecule has 7 nitrogen and oxygen atoms in total. The van der Waals surface area contributed by atoms with Crippen LogP contribution in [-0.2, 0) is 4.79 Å². The Kier molecular flexibility index (Phi) is 4.76. The minimum absolute atomic E-state index is 0.123. The summed E-state index contributed by atoms with van der Waals surface area (Å²) in [4.78, 5) is 25.3. The van der Waals surface area contributed by atoms with Crippen molar-refractivity contribution in [3.05, 3.63) is 18.0 Å². The molecule has 2 heterocycles. The predicted octanol–water partition coefficient (Wildman–Crippen LogP) is 1.66. The average Bonchev–Trinajstić information content (AvgIpc) is 3.07. The second-order valence-corrected chi connectivity index (χ2v) is 6.58. The number of thioether (sulfide) groups is 1. The van der Waals surface area contributed by atoms with Gasteiger partial charge >= 0.3 is 12.0 Å². The van der Waals surface area contributed by atoms with E-state index in [1.165, 1.54) is 16.7 Å². The molecule has 21 heavy (non-hydrogen) atoms. The van der Waals surface area contributed by atoms with Gasteiger partial charge in [-0.05, 0) is 12.8 Å². The molecule has 2 rings (SSSR count). The topological polar surface area (TPSA) is 98.3 Å². The van der Waals surface area contributed by atoms with Gasteiger partial charge in [0.05, 0.1) is 17.6 Å². The van der Waals surface area contributed by atoms with Gasteiger partial charge in [-0.25, -0.2) is 9.59 Å². The number of rotatable bonds is 4. The molecular formula is C13H20N4O3S. The number of H-pyrrole nitrogens is 1. The van der Waals surface area contributed by atoms with Gasteiger partial charge in [0.2, 0.25) is 0 Å². The Hall–Kier alpha value is -1.70. The van der Waals surface area contributed by atoms with Gasteiger partial charge in [0.15, 0.2) is 0 Å². The van der Waals surface area contributed by atoms with E-state index in [1.807, 2.05) is 20.8 Å². The van der Waals surface area contributed by atoms with Crippen molar-refractivity contribution >= 4 is 23.8 Å². The quantitative estimate of drug-likeness (QED) is 0.785. The molecule has 0 saturated carbocycles. The van der Waals surface area contributed by atoms with Crippen LogP contribution < -0.4 is 5.32 Å². The maximum Gasteiger partial charge on any atom is 0.327 e. The molecule has 1 aliphatic rings. The third-order valence-electron chi connectivity index (χ3n) is 3.48. The van der Waals surface area contributed by atoms with Crippen LogP contribution in [0.15, 0.2) is 12.4 Å². The minimum Gasteiger partial charge on any atom is -0.480 e. The number of carbonyl (C=O) groups is 2. The van der Waals surface area contributed by atoms with Crippen molar-refractivity contribution in [2.24, 2.45) is 5.92 Å². The molecule has 0 aromatic carbocycles. The summed E-state index contributed by atoms with van der Waals surface area (Å²) >= 11 is 1.51. The van der Waals surface area contributed by atoms with E-state index in [2.05, 4.69) is 15.5 Å². The second-order valence-electron chi connectivity index (χ2n) is 5.43. The van der Waals surface area contributed by atoms with E-state index < -0.39 is 12.0 Å². The third-order valence-corrected chi connectivity index (χ3v) is 5.11. The number of nitrogens with one attached hydrogen (secondary N) is 2. The largest absolute Gasteiger partial charge is 0.480 e. The third kappa shape index (κ3) is 3.31. The van der Waals surface area contributed by atoms with Gasteiger partial charge in [-0.3, -0.25) is 10.00 Å². The molecule has 1 saturated heterocycles. The van der Waals surface area contributed by atoms with Crippen molar-refractivity contribution in [3.8, 4) is 0 Å². The lowest BCUT2D eigenvalue weighted by atomic mass is 10.1.